The summed E-state index contributed by atoms with van der Waals surface area (Å²) in [5, 5.41) is 3.15. The summed E-state index contributed by atoms with van der Waals surface area (Å²) in [6.07, 6.45) is 0. The minimum absolute atomic E-state index is 0.0844. The fraction of sp³-hybridized carbons (Fsp3) is 0. The molecule has 56 heavy (non-hydrogen) atoms. The van der Waals surface area contributed by atoms with E-state index in [1.807, 2.05) is 72.8 Å². The summed E-state index contributed by atoms with van der Waals surface area (Å²) in [4.78, 5) is 15.0. The summed E-state index contributed by atoms with van der Waals surface area (Å²) in [5.41, 5.74) is 5.63. The molecule has 0 bridgehead atoms. The van der Waals surface area contributed by atoms with Crippen molar-refractivity contribution in [2.75, 3.05) is 0 Å². The molecule has 5 nitrogen and oxygen atoms in total. The van der Waals surface area contributed by atoms with Crippen LogP contribution in [0.2, 0.25) is 0 Å². The molecule has 0 radical (unpaired) electrons. The average molecular weight is 727 g/mol. The molecule has 0 saturated carbocycles. The molecular formula is C51H32N4O. The van der Waals surface area contributed by atoms with Crippen molar-refractivity contribution in [3.05, 3.63) is 194 Å². The highest BCUT2D eigenvalue weighted by molar-refractivity contribution is 6.12. The Kier molecular flexibility index (Phi) is 5.41. The summed E-state index contributed by atoms with van der Waals surface area (Å²) in [5.74, 6) is 1.22. The Bertz CT molecular complexity index is 3780. The maximum Gasteiger partial charge on any atom is 0.164 e. The van der Waals surface area contributed by atoms with Gasteiger partial charge in [-0.05, 0) is 65.2 Å². The number of hydrogen-bond acceptors (Lipinski definition) is 4. The first-order chi connectivity index (χ1) is 31.9. The predicted molar refractivity (Wildman–Crippen MR) is 229 cm³/mol. The van der Waals surface area contributed by atoms with E-state index in [-0.39, 0.29) is 27.8 Å². The molecule has 11 rings (SSSR count). The molecular weight excluding hydrogens is 685 g/mol. The molecule has 0 atom stereocenters. The van der Waals surface area contributed by atoms with Gasteiger partial charge in [0.25, 0.3) is 0 Å². The SMILES string of the molecule is [2H]c1c([2H])c([2H])c(-c2cc(-c3c([2H])c([2H])c([2H])c([2H])c3[2H])c3oc4cc(-c5nc(-c6ccccc6)nc(-c6ccc7c8ccccc8n(-c8ccccc8)c7c6)n5)ccc4c3c2)c([2H])c1[2H]. The highest BCUT2D eigenvalue weighted by Gasteiger charge is 2.19. The van der Waals surface area contributed by atoms with E-state index in [1.165, 1.54) is 6.07 Å². The molecule has 0 aliphatic rings. The number of aromatic nitrogens is 4. The van der Waals surface area contributed by atoms with Crippen molar-refractivity contribution >= 4 is 43.7 Å². The van der Waals surface area contributed by atoms with Gasteiger partial charge in [-0.15, -0.1) is 0 Å². The lowest BCUT2D eigenvalue weighted by Crippen LogP contribution is -2.00. The highest BCUT2D eigenvalue weighted by Crippen LogP contribution is 2.41. The van der Waals surface area contributed by atoms with E-state index < -0.39 is 60.4 Å². The van der Waals surface area contributed by atoms with Gasteiger partial charge in [-0.2, -0.15) is 0 Å². The number of hydrogen-bond donors (Lipinski definition) is 0. The maximum atomic E-state index is 8.90. The Morgan fingerprint density at radius 2 is 1.00 bits per heavy atom. The lowest BCUT2D eigenvalue weighted by molar-refractivity contribution is 0.670. The van der Waals surface area contributed by atoms with Crippen molar-refractivity contribution in [3.8, 4) is 62.1 Å². The van der Waals surface area contributed by atoms with Gasteiger partial charge in [-0.3, -0.25) is 0 Å². The largest absolute Gasteiger partial charge is 0.455 e. The first kappa shape index (κ1) is 23.2. The molecule has 5 heteroatoms. The third-order valence-corrected chi connectivity index (χ3v) is 10.0. The van der Waals surface area contributed by atoms with E-state index in [0.717, 1.165) is 38.6 Å². The van der Waals surface area contributed by atoms with Crippen LogP contribution in [0, 0.1) is 0 Å². The summed E-state index contributed by atoms with van der Waals surface area (Å²) in [7, 11) is 0. The van der Waals surface area contributed by atoms with E-state index in [9.17, 15) is 0 Å². The number of rotatable bonds is 6. The zero-order chi connectivity index (χ0) is 45.7. The van der Waals surface area contributed by atoms with Crippen LogP contribution < -0.4 is 0 Å². The number of nitrogens with zero attached hydrogens (tertiary/aromatic N) is 4. The summed E-state index contributed by atoms with van der Waals surface area (Å²) < 4.78 is 94.4. The van der Waals surface area contributed by atoms with E-state index in [1.54, 1.807) is 18.2 Å². The van der Waals surface area contributed by atoms with Gasteiger partial charge in [-0.25, -0.2) is 15.0 Å². The Balaban J connectivity index is 1.14. The number of fused-ring (bicyclic) bond motifs is 6. The minimum Gasteiger partial charge on any atom is -0.455 e. The van der Waals surface area contributed by atoms with Gasteiger partial charge < -0.3 is 8.98 Å². The van der Waals surface area contributed by atoms with Gasteiger partial charge in [0.2, 0.25) is 0 Å². The van der Waals surface area contributed by atoms with Crippen LogP contribution in [0.3, 0.4) is 0 Å². The molecule has 0 unspecified atom stereocenters. The zero-order valence-electron chi connectivity index (χ0n) is 39.4. The highest BCUT2D eigenvalue weighted by atomic mass is 16.3. The fourth-order valence-corrected chi connectivity index (χ4v) is 7.44. The Hall–Kier alpha value is -7.63. The molecule has 11 aromatic rings. The number of benzene rings is 8. The van der Waals surface area contributed by atoms with Gasteiger partial charge in [0.05, 0.1) is 24.7 Å². The van der Waals surface area contributed by atoms with Gasteiger partial charge in [0.1, 0.15) is 11.2 Å². The molecule has 0 aliphatic carbocycles. The molecule has 0 saturated heterocycles. The molecule has 3 aromatic heterocycles. The van der Waals surface area contributed by atoms with Crippen LogP contribution in [0.4, 0.5) is 0 Å². The van der Waals surface area contributed by atoms with E-state index in [0.29, 0.717) is 39.4 Å². The van der Waals surface area contributed by atoms with Crippen molar-refractivity contribution in [3.63, 3.8) is 0 Å². The van der Waals surface area contributed by atoms with Gasteiger partial charge >= 0.3 is 0 Å². The van der Waals surface area contributed by atoms with Crippen LogP contribution in [-0.4, -0.2) is 19.5 Å². The van der Waals surface area contributed by atoms with Crippen molar-refractivity contribution in [1.29, 1.82) is 0 Å². The normalized spacial score (nSPS) is 14.1. The molecule has 0 N–H and O–H groups in total. The molecule has 0 spiro atoms. The standard InChI is InChI=1S/C51H32N4O/c1-5-15-33(16-6-1)38-29-43(34-17-7-2-8-18-34)48-44(30-38)42-28-26-37(32-47(42)56-48)51-53-49(35-19-9-3-10-20-35)52-50(54-51)36-25-27-41-40-23-13-14-24-45(40)55(46(41)31-36)39-21-11-4-12-22-39/h1-32H/i1D,2D,5D,6D,7D,8D,15D,16D,17D,18D. The zero-order valence-corrected chi connectivity index (χ0v) is 29.4. The van der Waals surface area contributed by atoms with E-state index in [4.69, 9.17) is 33.1 Å². The number of para-hydroxylation sites is 2. The van der Waals surface area contributed by atoms with E-state index >= 15 is 0 Å². The molecule has 0 aliphatic heterocycles. The van der Waals surface area contributed by atoms with Gasteiger partial charge in [-0.1, -0.05) is 145 Å². The molecule has 262 valence electrons. The van der Waals surface area contributed by atoms with Crippen molar-refractivity contribution < 1.29 is 18.1 Å². The molecule has 0 amide bonds. The van der Waals surface area contributed by atoms with Crippen LogP contribution in [0.5, 0.6) is 0 Å². The van der Waals surface area contributed by atoms with Crippen LogP contribution in [0.15, 0.2) is 198 Å². The van der Waals surface area contributed by atoms with Crippen molar-refractivity contribution in [2.24, 2.45) is 0 Å². The molecule has 8 aromatic carbocycles. The summed E-state index contributed by atoms with van der Waals surface area (Å²) in [6.45, 7) is 0. The lowest BCUT2D eigenvalue weighted by Gasteiger charge is -2.10. The fourth-order valence-electron chi connectivity index (χ4n) is 7.44. The Labute approximate surface area is 336 Å². The van der Waals surface area contributed by atoms with Crippen LogP contribution in [-0.2, 0) is 0 Å². The van der Waals surface area contributed by atoms with Crippen LogP contribution >= 0.6 is 0 Å². The monoisotopic (exact) mass is 726 g/mol. The first-order valence-corrected chi connectivity index (χ1v) is 18.0. The quantitative estimate of drug-likeness (QED) is 0.171. The Morgan fingerprint density at radius 3 is 1.73 bits per heavy atom. The summed E-state index contributed by atoms with van der Waals surface area (Å²) in [6, 6.07) is 37.4. The van der Waals surface area contributed by atoms with E-state index in [2.05, 4.69) is 41.0 Å². The minimum atomic E-state index is -0.578. The third-order valence-electron chi connectivity index (χ3n) is 10.0. The maximum absolute atomic E-state index is 8.90. The third kappa shape index (κ3) is 5.37. The van der Waals surface area contributed by atoms with Crippen LogP contribution in [0.25, 0.3) is 106 Å². The van der Waals surface area contributed by atoms with Gasteiger partial charge in [0.15, 0.2) is 17.5 Å². The Morgan fingerprint density at radius 1 is 0.411 bits per heavy atom. The predicted octanol–water partition coefficient (Wildman–Crippen LogP) is 13.2. The number of furan rings is 1. The first-order valence-electron chi connectivity index (χ1n) is 23.0. The second-order valence-electron chi connectivity index (χ2n) is 13.3. The second kappa shape index (κ2) is 13.0. The lowest BCUT2D eigenvalue weighted by atomic mass is 9.95. The smallest absolute Gasteiger partial charge is 0.164 e. The summed E-state index contributed by atoms with van der Waals surface area (Å²) >= 11 is 0. The topological polar surface area (TPSA) is 56.7 Å². The average Bonchev–Trinajstić information content (AvgIpc) is 3.89. The molecule has 3 heterocycles. The van der Waals surface area contributed by atoms with Crippen LogP contribution in [0.1, 0.15) is 13.7 Å². The van der Waals surface area contributed by atoms with Crippen molar-refractivity contribution in [2.45, 2.75) is 0 Å². The van der Waals surface area contributed by atoms with Gasteiger partial charge in [0, 0.05) is 49.5 Å². The molecule has 0 fully saturated rings. The van der Waals surface area contributed by atoms with Crippen molar-refractivity contribution in [1.82, 2.24) is 19.5 Å². The second-order valence-corrected chi connectivity index (χ2v) is 13.3.